The molecule has 0 saturated carbocycles. The van der Waals surface area contributed by atoms with Crippen LogP contribution in [0, 0.1) is 0 Å². The lowest BCUT2D eigenvalue weighted by atomic mass is 10.1. The summed E-state index contributed by atoms with van der Waals surface area (Å²) < 4.78 is 28.8. The number of anilines is 1. The zero-order valence-corrected chi connectivity index (χ0v) is 18.2. The Hall–Kier alpha value is -2.01. The molecule has 0 aliphatic carbocycles. The Morgan fingerprint density at radius 1 is 0.833 bits per heavy atom. The molecule has 4 rings (SSSR count). The number of hydrogen-bond donors (Lipinski definition) is 0. The molecule has 1 aromatic carbocycles. The van der Waals surface area contributed by atoms with Gasteiger partial charge in [-0.1, -0.05) is 0 Å². The number of carbonyl (C=O) groups is 2. The van der Waals surface area contributed by atoms with Gasteiger partial charge in [-0.05, 0) is 37.7 Å². The van der Waals surface area contributed by atoms with E-state index in [4.69, 9.17) is 0 Å². The Kier molecular flexibility index (Phi) is 6.10. The summed E-state index contributed by atoms with van der Waals surface area (Å²) in [6.45, 7) is 4.55. The molecule has 0 spiro atoms. The maximum absolute atomic E-state index is 12.9. The molecule has 3 aliphatic heterocycles. The molecule has 0 radical (unpaired) electrons. The van der Waals surface area contributed by atoms with Crippen molar-refractivity contribution >= 4 is 27.7 Å². The quantitative estimate of drug-likeness (QED) is 0.668. The van der Waals surface area contributed by atoms with Gasteiger partial charge in [0.15, 0.2) is 0 Å². The topological polar surface area (TPSA) is 84.5 Å². The number of nitrogens with zero attached hydrogens (tertiary/aromatic N) is 5. The maximum Gasteiger partial charge on any atom is 0.282 e. The minimum atomic E-state index is -3.48. The average Bonchev–Trinajstić information content (AvgIpc) is 3.19. The van der Waals surface area contributed by atoms with Crippen molar-refractivity contribution in [1.29, 1.82) is 0 Å². The Morgan fingerprint density at radius 3 is 1.93 bits per heavy atom. The van der Waals surface area contributed by atoms with Crippen LogP contribution in [0.2, 0.25) is 0 Å². The van der Waals surface area contributed by atoms with Crippen molar-refractivity contribution in [2.24, 2.45) is 0 Å². The van der Waals surface area contributed by atoms with Crippen LogP contribution in [0.1, 0.15) is 23.2 Å². The first-order chi connectivity index (χ1) is 14.4. The summed E-state index contributed by atoms with van der Waals surface area (Å²) in [6.07, 6.45) is 1.43. The number of benzene rings is 1. The van der Waals surface area contributed by atoms with E-state index >= 15 is 0 Å². The maximum atomic E-state index is 12.9. The first kappa shape index (κ1) is 21.2. The number of piperazine rings is 2. The van der Waals surface area contributed by atoms with E-state index < -0.39 is 10.2 Å². The summed E-state index contributed by atoms with van der Waals surface area (Å²) in [4.78, 5) is 30.3. The summed E-state index contributed by atoms with van der Waals surface area (Å²) in [6, 6.07) is 7.11. The Bertz CT molecular complexity index is 888. The van der Waals surface area contributed by atoms with Crippen LogP contribution < -0.4 is 4.90 Å². The van der Waals surface area contributed by atoms with Gasteiger partial charge in [0.1, 0.15) is 0 Å². The normalized spacial score (nSPS) is 22.6. The van der Waals surface area contributed by atoms with E-state index in [1.54, 1.807) is 26.2 Å². The number of amides is 2. The van der Waals surface area contributed by atoms with E-state index in [2.05, 4.69) is 4.90 Å². The molecule has 0 atom stereocenters. The predicted molar refractivity (Wildman–Crippen MR) is 113 cm³/mol. The highest BCUT2D eigenvalue weighted by Crippen LogP contribution is 2.22. The van der Waals surface area contributed by atoms with Crippen LogP contribution in [0.5, 0.6) is 0 Å². The molecule has 3 aliphatic rings. The summed E-state index contributed by atoms with van der Waals surface area (Å²) in [5.41, 5.74) is 1.37. The van der Waals surface area contributed by atoms with Gasteiger partial charge in [-0.15, -0.1) is 0 Å². The van der Waals surface area contributed by atoms with Crippen molar-refractivity contribution in [1.82, 2.24) is 18.4 Å². The number of carbonyl (C=O) groups excluding carboxylic acids is 2. The Morgan fingerprint density at radius 2 is 1.40 bits per heavy atom. The lowest BCUT2D eigenvalue weighted by Gasteiger charge is -2.39. The van der Waals surface area contributed by atoms with Crippen molar-refractivity contribution in [3.63, 3.8) is 0 Å². The van der Waals surface area contributed by atoms with Gasteiger partial charge in [-0.3, -0.25) is 9.59 Å². The van der Waals surface area contributed by atoms with Crippen molar-refractivity contribution in [2.75, 3.05) is 70.9 Å². The zero-order valence-electron chi connectivity index (χ0n) is 17.4. The van der Waals surface area contributed by atoms with E-state index in [1.165, 1.54) is 4.31 Å². The largest absolute Gasteiger partial charge is 0.336 e. The van der Waals surface area contributed by atoms with E-state index in [1.807, 2.05) is 19.2 Å². The minimum absolute atomic E-state index is 0.106. The highest BCUT2D eigenvalue weighted by Gasteiger charge is 2.34. The molecule has 164 valence electrons. The van der Waals surface area contributed by atoms with E-state index in [9.17, 15) is 18.0 Å². The van der Waals surface area contributed by atoms with Crippen molar-refractivity contribution in [3.05, 3.63) is 29.8 Å². The van der Waals surface area contributed by atoms with E-state index in [-0.39, 0.29) is 11.8 Å². The predicted octanol–water partition coefficient (Wildman–Crippen LogP) is 0.0634. The van der Waals surface area contributed by atoms with Gasteiger partial charge in [-0.25, -0.2) is 0 Å². The Balaban J connectivity index is 1.34. The molecule has 30 heavy (non-hydrogen) atoms. The smallest absolute Gasteiger partial charge is 0.282 e. The van der Waals surface area contributed by atoms with Gasteiger partial charge < -0.3 is 14.7 Å². The first-order valence-electron chi connectivity index (χ1n) is 10.5. The number of hydrogen-bond acceptors (Lipinski definition) is 5. The molecule has 2 amide bonds. The fraction of sp³-hybridized carbons (Fsp3) is 0.600. The highest BCUT2D eigenvalue weighted by molar-refractivity contribution is 7.86. The Labute approximate surface area is 178 Å². The molecule has 0 unspecified atom stereocenters. The molecule has 3 fully saturated rings. The minimum Gasteiger partial charge on any atom is -0.336 e. The molecular weight excluding hydrogens is 406 g/mol. The summed E-state index contributed by atoms with van der Waals surface area (Å²) in [5, 5.41) is 0. The molecular formula is C20H29N5O4S. The third kappa shape index (κ3) is 4.22. The fourth-order valence-corrected chi connectivity index (χ4v) is 5.77. The van der Waals surface area contributed by atoms with Gasteiger partial charge in [0, 0.05) is 76.6 Å². The molecule has 0 aromatic heterocycles. The second-order valence-corrected chi connectivity index (χ2v) is 10.0. The van der Waals surface area contributed by atoms with Crippen molar-refractivity contribution in [2.45, 2.75) is 12.8 Å². The summed E-state index contributed by atoms with van der Waals surface area (Å²) in [5.74, 6) is 0.0118. The van der Waals surface area contributed by atoms with Gasteiger partial charge in [-0.2, -0.15) is 17.0 Å². The SMILES string of the molecule is CN1CCN(S(=O)(=O)N2CCN(C(=O)c3ccc(N4CCCC4=O)cc3)CC2)CC1. The van der Waals surface area contributed by atoms with Crippen LogP contribution in [0.15, 0.2) is 24.3 Å². The highest BCUT2D eigenvalue weighted by atomic mass is 32.2. The first-order valence-corrected chi connectivity index (χ1v) is 11.9. The van der Waals surface area contributed by atoms with E-state index in [0.717, 1.165) is 31.7 Å². The lowest BCUT2D eigenvalue weighted by Crippen LogP contribution is -2.57. The third-order valence-electron chi connectivity index (χ3n) is 6.14. The molecule has 10 heteroatoms. The van der Waals surface area contributed by atoms with Crippen LogP contribution in [0.4, 0.5) is 5.69 Å². The van der Waals surface area contributed by atoms with Crippen LogP contribution >= 0.6 is 0 Å². The third-order valence-corrected chi connectivity index (χ3v) is 8.18. The second-order valence-electron chi connectivity index (χ2n) is 8.10. The monoisotopic (exact) mass is 435 g/mol. The summed E-state index contributed by atoms with van der Waals surface area (Å²) in [7, 11) is -1.49. The van der Waals surface area contributed by atoms with Crippen LogP contribution in [-0.2, 0) is 15.0 Å². The second kappa shape index (κ2) is 8.62. The number of rotatable bonds is 4. The van der Waals surface area contributed by atoms with Gasteiger partial charge in [0.05, 0.1) is 0 Å². The molecule has 1 aromatic rings. The zero-order chi connectivity index (χ0) is 21.3. The average molecular weight is 436 g/mol. The van der Waals surface area contributed by atoms with Crippen LogP contribution in [-0.4, -0.2) is 105 Å². The van der Waals surface area contributed by atoms with E-state index in [0.29, 0.717) is 51.3 Å². The molecule has 3 heterocycles. The van der Waals surface area contributed by atoms with Crippen molar-refractivity contribution < 1.29 is 18.0 Å². The molecule has 3 saturated heterocycles. The van der Waals surface area contributed by atoms with Crippen molar-refractivity contribution in [3.8, 4) is 0 Å². The van der Waals surface area contributed by atoms with Crippen LogP contribution in [0.3, 0.4) is 0 Å². The van der Waals surface area contributed by atoms with Gasteiger partial charge >= 0.3 is 0 Å². The summed E-state index contributed by atoms with van der Waals surface area (Å²) >= 11 is 0. The fourth-order valence-electron chi connectivity index (χ4n) is 4.19. The van der Waals surface area contributed by atoms with Gasteiger partial charge in [0.25, 0.3) is 16.1 Å². The standard InChI is InChI=1S/C20H29N5O4S/c1-21-9-13-23(14-10-21)30(28,29)24-15-11-22(12-16-24)20(27)17-4-6-18(7-5-17)25-8-2-3-19(25)26/h4-7H,2-3,8-16H2,1H3. The molecule has 0 bridgehead atoms. The lowest BCUT2D eigenvalue weighted by molar-refractivity contribution is -0.117. The van der Waals surface area contributed by atoms with Gasteiger partial charge in [0.2, 0.25) is 5.91 Å². The van der Waals surface area contributed by atoms with Crippen LogP contribution in [0.25, 0.3) is 0 Å². The number of likely N-dealkylation sites (N-methyl/N-ethyl adjacent to an activating group) is 1. The molecule has 0 N–H and O–H groups in total. The molecule has 9 nitrogen and oxygen atoms in total.